The molecule has 1 aliphatic carbocycles. The smallest absolute Gasteiger partial charge is 0.326 e. The van der Waals surface area contributed by atoms with Gasteiger partial charge in [-0.05, 0) is 24.3 Å². The van der Waals surface area contributed by atoms with Gasteiger partial charge in [-0.3, -0.25) is 10.1 Å². The largest absolute Gasteiger partial charge is 0.468 e. The maximum absolute atomic E-state index is 12.4. The van der Waals surface area contributed by atoms with Crippen LogP contribution in [0, 0.1) is 5.92 Å². The van der Waals surface area contributed by atoms with Crippen LogP contribution in [0.4, 0.5) is 0 Å². The molecule has 0 aromatic heterocycles. The summed E-state index contributed by atoms with van der Waals surface area (Å²) in [5.74, 6) is 0.271. The second-order valence-electron chi connectivity index (χ2n) is 5.65. The van der Waals surface area contributed by atoms with Crippen molar-refractivity contribution in [2.75, 3.05) is 7.11 Å². The summed E-state index contributed by atoms with van der Waals surface area (Å²) in [6.07, 6.45) is 5.30. The Labute approximate surface area is 121 Å². The number of benzene rings is 1. The maximum Gasteiger partial charge on any atom is 0.326 e. The van der Waals surface area contributed by atoms with Crippen LogP contribution in [0.1, 0.15) is 44.6 Å². The zero-order valence-electron chi connectivity index (χ0n) is 12.5. The van der Waals surface area contributed by atoms with E-state index in [2.05, 4.69) is 24.4 Å². The minimum atomic E-state index is -0.502. The molecule has 1 fully saturated rings. The van der Waals surface area contributed by atoms with Gasteiger partial charge in [0.05, 0.1) is 7.11 Å². The van der Waals surface area contributed by atoms with E-state index in [0.717, 1.165) is 25.7 Å². The summed E-state index contributed by atoms with van der Waals surface area (Å²) in [5.41, 5.74) is 0.702. The van der Waals surface area contributed by atoms with Crippen LogP contribution in [-0.2, 0) is 16.1 Å². The highest BCUT2D eigenvalue weighted by Gasteiger charge is 2.46. The fourth-order valence-corrected chi connectivity index (χ4v) is 3.41. The summed E-state index contributed by atoms with van der Waals surface area (Å²) in [4.78, 5) is 12.4. The molecule has 1 aromatic rings. The van der Waals surface area contributed by atoms with Crippen molar-refractivity contribution in [1.29, 1.82) is 0 Å². The summed E-state index contributed by atoms with van der Waals surface area (Å²) < 4.78 is 5.11. The summed E-state index contributed by atoms with van der Waals surface area (Å²) in [6.45, 7) is 2.88. The van der Waals surface area contributed by atoms with Gasteiger partial charge in [0.2, 0.25) is 0 Å². The normalized spacial score (nSPS) is 26.2. The quantitative estimate of drug-likeness (QED) is 0.838. The van der Waals surface area contributed by atoms with Crippen LogP contribution >= 0.6 is 0 Å². The van der Waals surface area contributed by atoms with Crippen LogP contribution in [0.15, 0.2) is 30.3 Å². The Morgan fingerprint density at radius 2 is 2.10 bits per heavy atom. The van der Waals surface area contributed by atoms with Gasteiger partial charge in [0.25, 0.3) is 0 Å². The fraction of sp³-hybridized carbons (Fsp3) is 0.588. The Balaban J connectivity index is 2.16. The van der Waals surface area contributed by atoms with Gasteiger partial charge in [-0.1, -0.05) is 56.5 Å². The molecule has 0 saturated heterocycles. The Bertz CT molecular complexity index is 432. The van der Waals surface area contributed by atoms with Gasteiger partial charge in [-0.2, -0.15) is 0 Å². The molecule has 0 amide bonds. The molecule has 2 rings (SSSR count). The standard InChI is InChI=1S/C17H25NO2/c1-3-15-11-7-8-12-17(15,16(19)20-2)18-13-14-9-5-4-6-10-14/h4-6,9-10,15,18H,3,7-8,11-13H2,1-2H3. The maximum atomic E-state index is 12.4. The molecule has 0 bridgehead atoms. The summed E-state index contributed by atoms with van der Waals surface area (Å²) >= 11 is 0. The molecular formula is C17H25NO2. The van der Waals surface area contributed by atoms with Gasteiger partial charge in [-0.25, -0.2) is 0 Å². The molecule has 2 unspecified atom stereocenters. The van der Waals surface area contributed by atoms with Crippen LogP contribution in [-0.4, -0.2) is 18.6 Å². The third kappa shape index (κ3) is 3.04. The Morgan fingerprint density at radius 1 is 1.35 bits per heavy atom. The zero-order valence-corrected chi connectivity index (χ0v) is 12.5. The fourth-order valence-electron chi connectivity index (χ4n) is 3.41. The van der Waals surface area contributed by atoms with E-state index < -0.39 is 5.54 Å². The number of carbonyl (C=O) groups is 1. The van der Waals surface area contributed by atoms with Crippen molar-refractivity contribution in [3.8, 4) is 0 Å². The third-order valence-corrected chi connectivity index (χ3v) is 4.56. The highest BCUT2D eigenvalue weighted by atomic mass is 16.5. The zero-order chi connectivity index (χ0) is 14.4. The molecule has 0 heterocycles. The summed E-state index contributed by atoms with van der Waals surface area (Å²) in [7, 11) is 1.50. The highest BCUT2D eigenvalue weighted by molar-refractivity contribution is 5.81. The van der Waals surface area contributed by atoms with Gasteiger partial charge < -0.3 is 4.74 Å². The minimum absolute atomic E-state index is 0.0972. The first-order valence-electron chi connectivity index (χ1n) is 7.60. The van der Waals surface area contributed by atoms with E-state index in [4.69, 9.17) is 4.74 Å². The number of hydrogen-bond donors (Lipinski definition) is 1. The topological polar surface area (TPSA) is 38.3 Å². The molecule has 2 atom stereocenters. The van der Waals surface area contributed by atoms with Crippen molar-refractivity contribution in [1.82, 2.24) is 5.32 Å². The van der Waals surface area contributed by atoms with Crippen molar-refractivity contribution >= 4 is 5.97 Å². The van der Waals surface area contributed by atoms with Gasteiger partial charge in [0, 0.05) is 6.54 Å². The average Bonchev–Trinajstić information content (AvgIpc) is 2.53. The lowest BCUT2D eigenvalue weighted by atomic mass is 9.71. The SMILES string of the molecule is CCC1CCCCC1(NCc1ccccc1)C(=O)OC. The first-order chi connectivity index (χ1) is 9.73. The first-order valence-corrected chi connectivity index (χ1v) is 7.60. The summed E-state index contributed by atoms with van der Waals surface area (Å²) in [6, 6.07) is 10.2. The van der Waals surface area contributed by atoms with Crippen LogP contribution in [0.2, 0.25) is 0 Å². The van der Waals surface area contributed by atoms with E-state index in [9.17, 15) is 4.79 Å². The number of carbonyl (C=O) groups excluding carboxylic acids is 1. The van der Waals surface area contributed by atoms with E-state index in [1.165, 1.54) is 19.1 Å². The predicted molar refractivity (Wildman–Crippen MR) is 80.3 cm³/mol. The second kappa shape index (κ2) is 6.89. The molecule has 3 nitrogen and oxygen atoms in total. The van der Waals surface area contributed by atoms with Crippen LogP contribution in [0.25, 0.3) is 0 Å². The monoisotopic (exact) mass is 275 g/mol. The van der Waals surface area contributed by atoms with E-state index in [0.29, 0.717) is 12.5 Å². The van der Waals surface area contributed by atoms with Crippen molar-refractivity contribution in [3.63, 3.8) is 0 Å². The van der Waals surface area contributed by atoms with E-state index in [1.807, 2.05) is 18.2 Å². The van der Waals surface area contributed by atoms with Gasteiger partial charge in [-0.15, -0.1) is 0 Å². The van der Waals surface area contributed by atoms with Crippen LogP contribution in [0.3, 0.4) is 0 Å². The lowest BCUT2D eigenvalue weighted by molar-refractivity contribution is -0.153. The van der Waals surface area contributed by atoms with Crippen LogP contribution in [0.5, 0.6) is 0 Å². The molecule has 0 radical (unpaired) electrons. The molecule has 1 saturated carbocycles. The third-order valence-electron chi connectivity index (χ3n) is 4.56. The number of esters is 1. The van der Waals surface area contributed by atoms with Crippen molar-refractivity contribution in [2.24, 2.45) is 5.92 Å². The van der Waals surface area contributed by atoms with Crippen molar-refractivity contribution in [2.45, 2.75) is 51.1 Å². The molecule has 1 aliphatic rings. The van der Waals surface area contributed by atoms with E-state index in [1.54, 1.807) is 0 Å². The number of hydrogen-bond acceptors (Lipinski definition) is 3. The molecule has 110 valence electrons. The number of methoxy groups -OCH3 is 1. The molecule has 20 heavy (non-hydrogen) atoms. The van der Waals surface area contributed by atoms with E-state index in [-0.39, 0.29) is 5.97 Å². The molecule has 0 spiro atoms. The number of nitrogens with one attached hydrogen (secondary N) is 1. The lowest BCUT2D eigenvalue weighted by Crippen LogP contribution is -2.58. The van der Waals surface area contributed by atoms with Crippen molar-refractivity contribution in [3.05, 3.63) is 35.9 Å². The Morgan fingerprint density at radius 3 is 2.75 bits per heavy atom. The van der Waals surface area contributed by atoms with Crippen LogP contribution < -0.4 is 5.32 Å². The predicted octanol–water partition coefficient (Wildman–Crippen LogP) is 3.29. The second-order valence-corrected chi connectivity index (χ2v) is 5.65. The molecule has 1 aromatic carbocycles. The van der Waals surface area contributed by atoms with Gasteiger partial charge in [0.15, 0.2) is 0 Å². The number of ether oxygens (including phenoxy) is 1. The summed E-state index contributed by atoms with van der Waals surface area (Å²) in [5, 5.41) is 3.53. The average molecular weight is 275 g/mol. The molecule has 1 N–H and O–H groups in total. The number of rotatable bonds is 5. The van der Waals surface area contributed by atoms with E-state index >= 15 is 0 Å². The lowest BCUT2D eigenvalue weighted by Gasteiger charge is -2.42. The van der Waals surface area contributed by atoms with Gasteiger partial charge in [0.1, 0.15) is 5.54 Å². The Kier molecular flexibility index (Phi) is 5.18. The minimum Gasteiger partial charge on any atom is -0.468 e. The highest BCUT2D eigenvalue weighted by Crippen LogP contribution is 2.37. The molecular weight excluding hydrogens is 250 g/mol. The molecule has 0 aliphatic heterocycles. The van der Waals surface area contributed by atoms with Gasteiger partial charge >= 0.3 is 5.97 Å². The van der Waals surface area contributed by atoms with Crippen molar-refractivity contribution < 1.29 is 9.53 Å². The Hall–Kier alpha value is -1.35. The first kappa shape index (κ1) is 15.0. The molecule has 3 heteroatoms.